The lowest BCUT2D eigenvalue weighted by Crippen LogP contribution is -2.48. The average molecular weight is 740 g/mol. The molecule has 1 atom stereocenters. The third-order valence-corrected chi connectivity index (χ3v) is 8.39. The maximum absolute atomic E-state index is 13.0. The Morgan fingerprint density at radius 1 is 0.880 bits per heavy atom. The van der Waals surface area contributed by atoms with Crippen molar-refractivity contribution in [2.45, 2.75) is 50.4 Å². The van der Waals surface area contributed by atoms with Crippen molar-refractivity contribution >= 4 is 52.3 Å². The van der Waals surface area contributed by atoms with E-state index in [9.17, 15) is 14.4 Å². The van der Waals surface area contributed by atoms with Crippen LogP contribution in [-0.2, 0) is 39.8 Å². The maximum Gasteiger partial charge on any atom is 0.280 e. The fraction of sp³-hybridized carbons (Fsp3) is 0.606. The van der Waals surface area contributed by atoms with Gasteiger partial charge in [0.1, 0.15) is 6.04 Å². The van der Waals surface area contributed by atoms with Gasteiger partial charge in [-0.3, -0.25) is 23.9 Å². The summed E-state index contributed by atoms with van der Waals surface area (Å²) in [4.78, 5) is 48.7. The molecule has 0 aliphatic heterocycles. The maximum atomic E-state index is 13.0. The highest BCUT2D eigenvalue weighted by molar-refractivity contribution is 7.99. The van der Waals surface area contributed by atoms with Crippen molar-refractivity contribution in [3.8, 4) is 0 Å². The topological polar surface area (TPSA) is 194 Å². The zero-order chi connectivity index (χ0) is 35.8. The quantitative estimate of drug-likeness (QED) is 0.0483. The highest BCUT2D eigenvalue weighted by atomic mass is 35.5. The largest absolute Gasteiger partial charge is 0.379 e. The monoisotopic (exact) mass is 739 g/mol. The lowest BCUT2D eigenvalue weighted by Gasteiger charge is -2.17. The van der Waals surface area contributed by atoms with Gasteiger partial charge in [-0.15, -0.1) is 11.6 Å². The molecule has 17 heteroatoms. The number of nitrogens with one attached hydrogen (secondary N) is 3. The first-order chi connectivity index (χ1) is 24.4. The summed E-state index contributed by atoms with van der Waals surface area (Å²) in [5.74, 6) is 0.122. The molecule has 3 rings (SSSR count). The van der Waals surface area contributed by atoms with Crippen LogP contribution >= 0.6 is 23.4 Å². The van der Waals surface area contributed by atoms with Crippen LogP contribution in [0.1, 0.15) is 38.2 Å². The minimum absolute atomic E-state index is 0.0264. The number of imidazole rings is 1. The third-order valence-electron chi connectivity index (χ3n) is 7.05. The van der Waals surface area contributed by atoms with Crippen molar-refractivity contribution in [3.63, 3.8) is 0 Å². The van der Waals surface area contributed by atoms with E-state index in [0.29, 0.717) is 70.2 Å². The van der Waals surface area contributed by atoms with Crippen LogP contribution in [0.3, 0.4) is 0 Å². The van der Waals surface area contributed by atoms with Gasteiger partial charge < -0.3 is 40.1 Å². The fourth-order valence-corrected chi connectivity index (χ4v) is 5.82. The van der Waals surface area contributed by atoms with Gasteiger partial charge in [0, 0.05) is 31.7 Å². The Morgan fingerprint density at radius 3 is 2.10 bits per heavy atom. The van der Waals surface area contributed by atoms with Gasteiger partial charge in [-0.2, -0.15) is 4.98 Å². The molecule has 2 amide bonds. The molecular formula is C33H50ClN7O8S. The summed E-state index contributed by atoms with van der Waals surface area (Å²) in [6, 6.07) is 8.75. The first kappa shape index (κ1) is 41.2. The predicted octanol–water partition coefficient (Wildman–Crippen LogP) is 2.35. The molecule has 0 saturated heterocycles. The second kappa shape index (κ2) is 24.8. The van der Waals surface area contributed by atoms with E-state index >= 15 is 0 Å². The molecule has 2 heterocycles. The Balaban J connectivity index is 1.28. The van der Waals surface area contributed by atoms with Crippen LogP contribution in [0.2, 0.25) is 0 Å². The van der Waals surface area contributed by atoms with Gasteiger partial charge in [0.15, 0.2) is 16.3 Å². The smallest absolute Gasteiger partial charge is 0.280 e. The molecule has 50 heavy (non-hydrogen) atoms. The number of unbranched alkanes of at least 4 members (excludes halogenated alkanes) is 3. The van der Waals surface area contributed by atoms with Crippen molar-refractivity contribution in [2.75, 3.05) is 90.0 Å². The Labute approximate surface area is 301 Å². The second-order valence-electron chi connectivity index (χ2n) is 11.1. The molecule has 0 radical (unpaired) electrons. The minimum Gasteiger partial charge on any atom is -0.379 e. The molecule has 0 aliphatic carbocycles. The highest BCUT2D eigenvalue weighted by Crippen LogP contribution is 2.24. The van der Waals surface area contributed by atoms with E-state index < -0.39 is 11.6 Å². The Bertz CT molecular complexity index is 1460. The predicted molar refractivity (Wildman–Crippen MR) is 193 cm³/mol. The summed E-state index contributed by atoms with van der Waals surface area (Å²) >= 11 is 6.88. The molecular weight excluding hydrogens is 690 g/mol. The van der Waals surface area contributed by atoms with Gasteiger partial charge in [-0.1, -0.05) is 54.9 Å². The first-order valence-electron chi connectivity index (χ1n) is 16.8. The van der Waals surface area contributed by atoms with Crippen molar-refractivity contribution in [1.82, 2.24) is 30.2 Å². The number of amides is 2. The van der Waals surface area contributed by atoms with Crippen LogP contribution in [0.15, 0.2) is 40.3 Å². The van der Waals surface area contributed by atoms with Crippen LogP contribution in [0.5, 0.6) is 0 Å². The number of nitrogens with zero attached hydrogens (tertiary/aromatic N) is 3. The van der Waals surface area contributed by atoms with Gasteiger partial charge in [-0.05, 0) is 18.4 Å². The number of benzene rings is 1. The number of hydrogen-bond acceptors (Lipinski definition) is 12. The van der Waals surface area contributed by atoms with Crippen molar-refractivity contribution in [2.24, 2.45) is 0 Å². The van der Waals surface area contributed by atoms with E-state index in [4.69, 9.17) is 41.0 Å². The van der Waals surface area contributed by atoms with E-state index in [1.165, 1.54) is 18.7 Å². The Hall–Kier alpha value is -3.25. The van der Waals surface area contributed by atoms with Crippen LogP contribution in [0, 0.1) is 0 Å². The van der Waals surface area contributed by atoms with Gasteiger partial charge in [0.25, 0.3) is 5.56 Å². The molecule has 15 nitrogen and oxygen atoms in total. The molecule has 5 N–H and O–H groups in total. The molecule has 0 spiro atoms. The van der Waals surface area contributed by atoms with Crippen LogP contribution in [-0.4, -0.2) is 122 Å². The summed E-state index contributed by atoms with van der Waals surface area (Å²) < 4.78 is 29.3. The number of aromatic amines is 1. The molecule has 0 saturated carbocycles. The average Bonchev–Trinajstić information content (AvgIpc) is 3.44. The number of hydrogen-bond donors (Lipinski definition) is 4. The standard InChI is InChI=1S/C33H50ClN7O8S/c1-25(42)37-27(24-50-33-38-28-29(39-32(35)40-31(28)44)41(33)23-26-9-5-4-6-10-26)30(43)36-12-14-46-16-18-48-20-22-49-21-19-47-17-15-45-13-8-3-2-7-11-34/h4-6,9-10,27H,2-3,7-8,11-24H2,1H3,(H,36,43)(H,37,42)(H3,35,39,40,44)/t27-/m0/s1. The van der Waals surface area contributed by atoms with Crippen molar-refractivity contribution in [3.05, 3.63) is 46.2 Å². The zero-order valence-corrected chi connectivity index (χ0v) is 30.2. The van der Waals surface area contributed by atoms with E-state index in [-0.39, 0.29) is 42.2 Å². The van der Waals surface area contributed by atoms with Crippen LogP contribution in [0.4, 0.5) is 5.95 Å². The summed E-state index contributed by atoms with van der Waals surface area (Å²) in [7, 11) is 0. The third kappa shape index (κ3) is 16.2. The summed E-state index contributed by atoms with van der Waals surface area (Å²) in [6.07, 6.45) is 4.39. The molecule has 0 unspecified atom stereocenters. The number of H-pyrrole nitrogens is 1. The number of nitrogens with two attached hydrogens (primary N) is 1. The molecule has 1 aromatic carbocycles. The molecule has 0 aliphatic rings. The number of alkyl halides is 1. The number of rotatable bonds is 28. The van der Waals surface area contributed by atoms with Crippen LogP contribution in [0.25, 0.3) is 11.2 Å². The normalized spacial score (nSPS) is 12.0. The lowest BCUT2D eigenvalue weighted by atomic mass is 10.2. The van der Waals surface area contributed by atoms with E-state index in [1.54, 1.807) is 4.57 Å². The fourth-order valence-electron chi connectivity index (χ4n) is 4.62. The molecule has 2 aromatic heterocycles. The van der Waals surface area contributed by atoms with E-state index in [2.05, 4.69) is 25.6 Å². The van der Waals surface area contributed by atoms with Gasteiger partial charge in [-0.25, -0.2) is 4.98 Å². The second-order valence-corrected chi connectivity index (χ2v) is 12.5. The molecule has 0 bridgehead atoms. The number of halogens is 1. The zero-order valence-electron chi connectivity index (χ0n) is 28.7. The Morgan fingerprint density at radius 2 is 1.48 bits per heavy atom. The number of nitrogen functional groups attached to an aromatic ring is 1. The number of thioether (sulfide) groups is 1. The lowest BCUT2D eigenvalue weighted by molar-refractivity contribution is -0.127. The highest BCUT2D eigenvalue weighted by Gasteiger charge is 2.23. The first-order valence-corrected chi connectivity index (χ1v) is 18.3. The van der Waals surface area contributed by atoms with Crippen molar-refractivity contribution in [1.29, 1.82) is 0 Å². The van der Waals surface area contributed by atoms with E-state index in [1.807, 2.05) is 30.3 Å². The van der Waals surface area contributed by atoms with Gasteiger partial charge >= 0.3 is 0 Å². The van der Waals surface area contributed by atoms with Gasteiger partial charge in [0.2, 0.25) is 17.8 Å². The van der Waals surface area contributed by atoms with Crippen LogP contribution < -0.4 is 21.9 Å². The molecule has 0 fully saturated rings. The molecule has 278 valence electrons. The number of anilines is 1. The number of carbonyl (C=O) groups is 2. The number of aromatic nitrogens is 4. The van der Waals surface area contributed by atoms with E-state index in [0.717, 1.165) is 43.7 Å². The summed E-state index contributed by atoms with van der Waals surface area (Å²) in [6.45, 7) is 6.70. The Kier molecular flexibility index (Phi) is 20.4. The number of fused-ring (bicyclic) bond motifs is 1. The number of ether oxygens (including phenoxy) is 5. The molecule has 3 aromatic rings. The minimum atomic E-state index is -0.859. The van der Waals surface area contributed by atoms with Gasteiger partial charge in [0.05, 0.1) is 66.0 Å². The SMILES string of the molecule is CC(=O)N[C@@H](CSc1nc2c(=O)[nH]c(N)nc2n1Cc1ccccc1)C(=O)NCCOCCOCCOCCOCCOCCCCCCCl. The number of carbonyl (C=O) groups excluding carboxylic acids is 2. The summed E-state index contributed by atoms with van der Waals surface area (Å²) in [5.41, 5.74) is 6.77. The summed E-state index contributed by atoms with van der Waals surface area (Å²) in [5, 5.41) is 5.94. The van der Waals surface area contributed by atoms with Crippen molar-refractivity contribution < 1.29 is 33.3 Å².